The van der Waals surface area contributed by atoms with Crippen LogP contribution in [0.15, 0.2) is 30.6 Å². The Bertz CT molecular complexity index is 538. The van der Waals surface area contributed by atoms with Crippen LogP contribution >= 0.6 is 0 Å². The van der Waals surface area contributed by atoms with Crippen molar-refractivity contribution in [3.8, 4) is 5.69 Å². The highest BCUT2D eigenvalue weighted by Crippen LogP contribution is 2.28. The largest absolute Gasteiger partial charge is 0.380 e. The summed E-state index contributed by atoms with van der Waals surface area (Å²) in [6.45, 7) is 0.741. The topological polar surface area (TPSA) is 81.6 Å². The van der Waals surface area contributed by atoms with Crippen molar-refractivity contribution in [3.63, 3.8) is 0 Å². The van der Waals surface area contributed by atoms with E-state index in [-0.39, 0.29) is 0 Å². The Labute approximate surface area is 118 Å². The van der Waals surface area contributed by atoms with Gasteiger partial charge in [-0.15, -0.1) is 5.10 Å². The fourth-order valence-electron chi connectivity index (χ4n) is 2.95. The summed E-state index contributed by atoms with van der Waals surface area (Å²) >= 11 is 0. The third kappa shape index (κ3) is 2.65. The third-order valence-corrected chi connectivity index (χ3v) is 4.05. The molecule has 0 spiro atoms. The summed E-state index contributed by atoms with van der Waals surface area (Å²) in [7, 11) is 0. The van der Waals surface area contributed by atoms with Crippen molar-refractivity contribution < 1.29 is 0 Å². The molecule has 1 saturated carbocycles. The maximum atomic E-state index is 5.90. The quantitative estimate of drug-likeness (QED) is 0.883. The minimum atomic E-state index is 0.436. The average molecular weight is 272 g/mol. The van der Waals surface area contributed by atoms with E-state index in [1.165, 1.54) is 25.7 Å². The lowest BCUT2D eigenvalue weighted by Crippen LogP contribution is -2.37. The molecule has 0 saturated heterocycles. The van der Waals surface area contributed by atoms with E-state index >= 15 is 0 Å². The third-order valence-electron chi connectivity index (χ3n) is 4.05. The van der Waals surface area contributed by atoms with Crippen molar-refractivity contribution in [1.82, 2.24) is 20.2 Å². The van der Waals surface area contributed by atoms with Gasteiger partial charge in [0.25, 0.3) is 0 Å². The van der Waals surface area contributed by atoms with Crippen molar-refractivity contribution in [2.45, 2.75) is 31.7 Å². The number of benzene rings is 1. The van der Waals surface area contributed by atoms with Gasteiger partial charge in [-0.1, -0.05) is 25.0 Å². The number of nitrogens with zero attached hydrogens (tertiary/aromatic N) is 4. The zero-order valence-electron chi connectivity index (χ0n) is 11.4. The molecule has 20 heavy (non-hydrogen) atoms. The minimum Gasteiger partial charge on any atom is -0.380 e. The van der Waals surface area contributed by atoms with Crippen LogP contribution < -0.4 is 11.1 Å². The second-order valence-corrected chi connectivity index (χ2v) is 5.30. The van der Waals surface area contributed by atoms with Crippen molar-refractivity contribution in [2.75, 3.05) is 11.9 Å². The maximum absolute atomic E-state index is 5.90. The number of para-hydroxylation sites is 2. The van der Waals surface area contributed by atoms with Crippen LogP contribution in [-0.4, -0.2) is 32.8 Å². The zero-order valence-corrected chi connectivity index (χ0v) is 11.4. The fourth-order valence-corrected chi connectivity index (χ4v) is 2.95. The number of anilines is 1. The number of tetrazole rings is 1. The van der Waals surface area contributed by atoms with Crippen LogP contribution in [0.1, 0.15) is 25.7 Å². The van der Waals surface area contributed by atoms with Gasteiger partial charge < -0.3 is 11.1 Å². The highest BCUT2D eigenvalue weighted by molar-refractivity contribution is 5.60. The minimum absolute atomic E-state index is 0.436. The first-order valence-electron chi connectivity index (χ1n) is 7.17. The van der Waals surface area contributed by atoms with Gasteiger partial charge in [-0.2, -0.15) is 4.68 Å². The van der Waals surface area contributed by atoms with Crippen LogP contribution in [0.2, 0.25) is 0 Å². The SMILES string of the molecule is NCC1CCCCC1Nc1ccccc1-n1cnnn1. The summed E-state index contributed by atoms with van der Waals surface area (Å²) in [5, 5.41) is 15.0. The molecule has 1 aliphatic rings. The van der Waals surface area contributed by atoms with E-state index < -0.39 is 0 Å². The van der Waals surface area contributed by atoms with Gasteiger partial charge in [-0.3, -0.25) is 0 Å². The van der Waals surface area contributed by atoms with E-state index in [9.17, 15) is 0 Å². The van der Waals surface area contributed by atoms with Crippen LogP contribution in [0.25, 0.3) is 5.69 Å². The van der Waals surface area contributed by atoms with Crippen LogP contribution in [0.5, 0.6) is 0 Å². The molecule has 3 N–H and O–H groups in total. The van der Waals surface area contributed by atoms with Crippen LogP contribution in [-0.2, 0) is 0 Å². The van der Waals surface area contributed by atoms with Gasteiger partial charge in [0.1, 0.15) is 6.33 Å². The number of nitrogens with two attached hydrogens (primary N) is 1. The van der Waals surface area contributed by atoms with Gasteiger partial charge in [-0.05, 0) is 47.9 Å². The molecular weight excluding hydrogens is 252 g/mol. The van der Waals surface area contributed by atoms with Gasteiger partial charge >= 0.3 is 0 Å². The monoisotopic (exact) mass is 272 g/mol. The Morgan fingerprint density at radius 1 is 1.25 bits per heavy atom. The zero-order chi connectivity index (χ0) is 13.8. The first kappa shape index (κ1) is 13.1. The molecule has 2 atom stereocenters. The highest BCUT2D eigenvalue weighted by Gasteiger charge is 2.24. The van der Waals surface area contributed by atoms with Crippen molar-refractivity contribution >= 4 is 5.69 Å². The molecule has 0 aliphatic heterocycles. The van der Waals surface area contributed by atoms with Crippen molar-refractivity contribution in [2.24, 2.45) is 11.7 Å². The molecule has 0 radical (unpaired) electrons. The molecule has 1 aromatic heterocycles. The molecule has 3 rings (SSSR count). The Morgan fingerprint density at radius 2 is 2.10 bits per heavy atom. The molecule has 1 fully saturated rings. The Balaban J connectivity index is 1.83. The summed E-state index contributed by atoms with van der Waals surface area (Å²) in [6, 6.07) is 8.53. The molecule has 0 amide bonds. The number of aromatic nitrogens is 4. The molecule has 2 aromatic rings. The summed E-state index contributed by atoms with van der Waals surface area (Å²) in [4.78, 5) is 0. The fraction of sp³-hybridized carbons (Fsp3) is 0.500. The smallest absolute Gasteiger partial charge is 0.143 e. The van der Waals surface area contributed by atoms with E-state index in [2.05, 4.69) is 26.9 Å². The van der Waals surface area contributed by atoms with E-state index in [1.807, 2.05) is 18.2 Å². The summed E-state index contributed by atoms with van der Waals surface area (Å²) < 4.78 is 1.68. The Morgan fingerprint density at radius 3 is 2.90 bits per heavy atom. The summed E-state index contributed by atoms with van der Waals surface area (Å²) in [5.41, 5.74) is 7.93. The molecule has 1 heterocycles. The predicted octanol–water partition coefficient (Wildman–Crippen LogP) is 1.59. The molecule has 0 bridgehead atoms. The van der Waals surface area contributed by atoms with Crippen molar-refractivity contribution in [1.29, 1.82) is 0 Å². The molecule has 106 valence electrons. The van der Waals surface area contributed by atoms with E-state index in [0.29, 0.717) is 12.0 Å². The van der Waals surface area contributed by atoms with Gasteiger partial charge in [0.05, 0.1) is 11.4 Å². The number of nitrogens with one attached hydrogen (secondary N) is 1. The number of hydrogen-bond donors (Lipinski definition) is 2. The van der Waals surface area contributed by atoms with Gasteiger partial charge in [-0.25, -0.2) is 0 Å². The first-order valence-corrected chi connectivity index (χ1v) is 7.17. The van der Waals surface area contributed by atoms with E-state index in [0.717, 1.165) is 17.9 Å². The van der Waals surface area contributed by atoms with Gasteiger partial charge in [0.2, 0.25) is 0 Å². The first-order chi connectivity index (χ1) is 9.88. The van der Waals surface area contributed by atoms with Crippen LogP contribution in [0.3, 0.4) is 0 Å². The average Bonchev–Trinajstić information content (AvgIpc) is 3.02. The molecule has 6 heteroatoms. The molecule has 2 unspecified atom stereocenters. The standard InChI is InChI=1S/C14H20N6/c15-9-11-5-1-2-6-12(11)17-13-7-3-4-8-14(13)20-10-16-18-19-20/h3-4,7-8,10-12,17H,1-2,5-6,9,15H2. The molecule has 1 aromatic carbocycles. The second-order valence-electron chi connectivity index (χ2n) is 5.30. The van der Waals surface area contributed by atoms with Crippen molar-refractivity contribution in [3.05, 3.63) is 30.6 Å². The lowest BCUT2D eigenvalue weighted by molar-refractivity contribution is 0.332. The predicted molar refractivity (Wildman–Crippen MR) is 77.6 cm³/mol. The summed E-state index contributed by atoms with van der Waals surface area (Å²) in [6.07, 6.45) is 6.55. The molecular formula is C14H20N6. The lowest BCUT2D eigenvalue weighted by Gasteiger charge is -2.32. The normalized spacial score (nSPS) is 22.6. The van der Waals surface area contributed by atoms with E-state index in [4.69, 9.17) is 5.73 Å². The molecule has 1 aliphatic carbocycles. The number of hydrogen-bond acceptors (Lipinski definition) is 5. The van der Waals surface area contributed by atoms with E-state index in [1.54, 1.807) is 11.0 Å². The lowest BCUT2D eigenvalue weighted by atomic mass is 9.84. The molecule has 6 nitrogen and oxygen atoms in total. The van der Waals surface area contributed by atoms with Crippen LogP contribution in [0, 0.1) is 5.92 Å². The van der Waals surface area contributed by atoms with Gasteiger partial charge in [0, 0.05) is 6.04 Å². The second kappa shape index (κ2) is 6.00. The Kier molecular flexibility index (Phi) is 3.92. The maximum Gasteiger partial charge on any atom is 0.143 e. The Hall–Kier alpha value is -1.95. The van der Waals surface area contributed by atoms with Crippen LogP contribution in [0.4, 0.5) is 5.69 Å². The number of rotatable bonds is 4. The summed E-state index contributed by atoms with van der Waals surface area (Å²) in [5.74, 6) is 0.547. The highest BCUT2D eigenvalue weighted by atomic mass is 15.5. The van der Waals surface area contributed by atoms with Gasteiger partial charge in [0.15, 0.2) is 0 Å².